The number of ether oxygens (including phenoxy) is 1. The molecule has 5 unspecified atom stereocenters. The van der Waals surface area contributed by atoms with Gasteiger partial charge in [-0.05, 0) is 24.6 Å². The molecule has 0 radical (unpaired) electrons. The topological polar surface area (TPSA) is 99.0 Å². The second-order valence-corrected chi connectivity index (χ2v) is 5.64. The van der Waals surface area contributed by atoms with Gasteiger partial charge in [0.25, 0.3) is 5.91 Å². The molecule has 0 saturated carbocycles. The number of rotatable bonds is 4. The number of hydrogen-bond donors (Lipinski definition) is 4. The summed E-state index contributed by atoms with van der Waals surface area (Å²) in [5.41, 5.74) is 1.32. The Morgan fingerprint density at radius 1 is 1.27 bits per heavy atom. The molecule has 122 valence electrons. The van der Waals surface area contributed by atoms with Crippen molar-refractivity contribution in [2.24, 2.45) is 0 Å². The number of aliphatic hydroxyl groups excluding tert-OH is 3. The van der Waals surface area contributed by atoms with Crippen molar-refractivity contribution in [1.82, 2.24) is 5.32 Å². The average Bonchev–Trinajstić information content (AvgIpc) is 2.54. The zero-order valence-electron chi connectivity index (χ0n) is 12.1. The molecule has 5 atom stereocenters. The van der Waals surface area contributed by atoms with Crippen LogP contribution in [0.4, 0.5) is 0 Å². The Bertz CT molecular complexity index is 509. The van der Waals surface area contributed by atoms with Crippen LogP contribution in [0.1, 0.15) is 22.8 Å². The number of aliphatic hydroxyl groups is 3. The maximum atomic E-state index is 12.2. The van der Waals surface area contributed by atoms with E-state index in [4.69, 9.17) is 21.4 Å². The van der Waals surface area contributed by atoms with E-state index in [0.717, 1.165) is 5.56 Å². The molecule has 1 saturated heterocycles. The third-order valence-electron chi connectivity index (χ3n) is 3.84. The van der Waals surface area contributed by atoms with Gasteiger partial charge in [-0.2, -0.15) is 0 Å². The second-order valence-electron chi connectivity index (χ2n) is 5.37. The van der Waals surface area contributed by atoms with E-state index in [0.29, 0.717) is 11.4 Å². The molecule has 4 N–H and O–H groups in total. The van der Waals surface area contributed by atoms with Gasteiger partial charge in [0, 0.05) is 11.4 Å². The van der Waals surface area contributed by atoms with E-state index in [1.165, 1.54) is 0 Å². The Hall–Kier alpha value is -1.18. The van der Waals surface area contributed by atoms with Gasteiger partial charge in [-0.25, -0.2) is 0 Å². The van der Waals surface area contributed by atoms with Crippen LogP contribution < -0.4 is 5.32 Å². The first-order chi connectivity index (χ1) is 10.5. The highest BCUT2D eigenvalue weighted by molar-refractivity contribution is 6.17. The Morgan fingerprint density at radius 2 is 1.91 bits per heavy atom. The van der Waals surface area contributed by atoms with Crippen LogP contribution in [-0.2, 0) is 10.6 Å². The zero-order chi connectivity index (χ0) is 16.3. The van der Waals surface area contributed by atoms with E-state index in [1.807, 2.05) is 0 Å². The molecule has 0 bridgehead atoms. The summed E-state index contributed by atoms with van der Waals surface area (Å²) in [6.45, 7) is 1.27. The van der Waals surface area contributed by atoms with Crippen LogP contribution in [0, 0.1) is 0 Å². The number of amides is 1. The molecule has 0 aromatic heterocycles. The highest BCUT2D eigenvalue weighted by Crippen LogP contribution is 2.21. The van der Waals surface area contributed by atoms with E-state index < -0.39 is 37.1 Å². The molecular formula is C15H20ClNO5. The fraction of sp³-hybridized carbons (Fsp3) is 0.533. The lowest BCUT2D eigenvalue weighted by molar-refractivity contribution is -0.187. The van der Waals surface area contributed by atoms with Crippen LogP contribution >= 0.6 is 11.6 Å². The van der Waals surface area contributed by atoms with Crippen molar-refractivity contribution in [3.63, 3.8) is 0 Å². The fourth-order valence-corrected chi connectivity index (χ4v) is 2.66. The minimum absolute atomic E-state index is 0.364. The van der Waals surface area contributed by atoms with Gasteiger partial charge in [0.15, 0.2) is 0 Å². The number of carbonyl (C=O) groups is 1. The van der Waals surface area contributed by atoms with Gasteiger partial charge in [-0.3, -0.25) is 4.79 Å². The van der Waals surface area contributed by atoms with E-state index >= 15 is 0 Å². The van der Waals surface area contributed by atoms with E-state index in [1.54, 1.807) is 31.2 Å². The van der Waals surface area contributed by atoms with Gasteiger partial charge in [-0.1, -0.05) is 12.1 Å². The number of nitrogens with one attached hydrogen (secondary N) is 1. The molecule has 6 nitrogen and oxygen atoms in total. The molecule has 1 amide bonds. The average molecular weight is 330 g/mol. The highest BCUT2D eigenvalue weighted by atomic mass is 35.5. The lowest BCUT2D eigenvalue weighted by Gasteiger charge is -2.41. The third-order valence-corrected chi connectivity index (χ3v) is 4.15. The molecule has 1 fully saturated rings. The lowest BCUT2D eigenvalue weighted by atomic mass is 9.93. The molecule has 22 heavy (non-hydrogen) atoms. The van der Waals surface area contributed by atoms with E-state index in [2.05, 4.69) is 5.32 Å². The maximum Gasteiger partial charge on any atom is 0.251 e. The van der Waals surface area contributed by atoms with Crippen LogP contribution in [-0.4, -0.2) is 58.3 Å². The summed E-state index contributed by atoms with van der Waals surface area (Å²) < 4.78 is 5.41. The first-order valence-corrected chi connectivity index (χ1v) is 7.59. The van der Waals surface area contributed by atoms with Crippen LogP contribution in [0.2, 0.25) is 0 Å². The van der Waals surface area contributed by atoms with Crippen LogP contribution in [0.5, 0.6) is 0 Å². The first kappa shape index (κ1) is 17.2. The third kappa shape index (κ3) is 3.59. The number of carbonyl (C=O) groups excluding carboxylic acids is 1. The van der Waals surface area contributed by atoms with Gasteiger partial charge in [0.2, 0.25) is 0 Å². The van der Waals surface area contributed by atoms with Crippen molar-refractivity contribution in [1.29, 1.82) is 0 Å². The fourth-order valence-electron chi connectivity index (χ4n) is 2.48. The van der Waals surface area contributed by atoms with Crippen molar-refractivity contribution < 1.29 is 24.9 Å². The minimum Gasteiger partial charge on any atom is -0.394 e. The molecule has 1 aliphatic rings. The second kappa shape index (κ2) is 7.39. The smallest absolute Gasteiger partial charge is 0.251 e. The van der Waals surface area contributed by atoms with Crippen LogP contribution in [0.15, 0.2) is 24.3 Å². The summed E-state index contributed by atoms with van der Waals surface area (Å²) in [5, 5.41) is 31.7. The standard InChI is InChI=1S/C15H20ClNO5/c1-8-12(14(20)13(19)11(7-18)22-8)17-15(21)10-4-2-9(6-16)3-5-10/h2-5,8,11-14,18-20H,6-7H2,1H3,(H,17,21). The van der Waals surface area contributed by atoms with Crippen molar-refractivity contribution in [3.8, 4) is 0 Å². The first-order valence-electron chi connectivity index (χ1n) is 7.06. The maximum absolute atomic E-state index is 12.2. The Balaban J connectivity index is 2.06. The molecule has 0 spiro atoms. The van der Waals surface area contributed by atoms with Crippen LogP contribution in [0.25, 0.3) is 0 Å². The number of benzene rings is 1. The molecule has 0 aliphatic carbocycles. The molecule has 1 aromatic carbocycles. The number of halogens is 1. The van der Waals surface area contributed by atoms with E-state index in [9.17, 15) is 15.0 Å². The lowest BCUT2D eigenvalue weighted by Crippen LogP contribution is -2.63. The summed E-state index contributed by atoms with van der Waals surface area (Å²) in [6.07, 6.45) is -3.88. The van der Waals surface area contributed by atoms with Crippen molar-refractivity contribution in [2.45, 2.75) is 43.3 Å². The van der Waals surface area contributed by atoms with Crippen molar-refractivity contribution in [2.75, 3.05) is 6.61 Å². The Morgan fingerprint density at radius 3 is 2.45 bits per heavy atom. The summed E-state index contributed by atoms with van der Waals surface area (Å²) in [5.74, 6) is -0.0154. The molecular weight excluding hydrogens is 310 g/mol. The molecule has 2 rings (SSSR count). The van der Waals surface area contributed by atoms with Gasteiger partial charge >= 0.3 is 0 Å². The van der Waals surface area contributed by atoms with Gasteiger partial charge in [0.05, 0.1) is 18.8 Å². The monoisotopic (exact) mass is 329 g/mol. The van der Waals surface area contributed by atoms with Gasteiger partial charge in [-0.15, -0.1) is 11.6 Å². The Kier molecular flexibility index (Phi) is 5.77. The number of hydrogen-bond acceptors (Lipinski definition) is 5. The van der Waals surface area contributed by atoms with Crippen LogP contribution in [0.3, 0.4) is 0 Å². The minimum atomic E-state index is -1.26. The molecule has 1 aliphatic heterocycles. The summed E-state index contributed by atoms with van der Waals surface area (Å²) in [7, 11) is 0. The molecule has 7 heteroatoms. The zero-order valence-corrected chi connectivity index (χ0v) is 12.9. The van der Waals surface area contributed by atoms with Gasteiger partial charge in [0.1, 0.15) is 18.3 Å². The van der Waals surface area contributed by atoms with Gasteiger partial charge < -0.3 is 25.4 Å². The quantitative estimate of drug-likeness (QED) is 0.584. The normalized spacial score (nSPS) is 31.8. The summed E-state index contributed by atoms with van der Waals surface area (Å²) >= 11 is 5.70. The SMILES string of the molecule is CC1OC(CO)C(O)C(O)C1NC(=O)c1ccc(CCl)cc1. The Labute approximate surface area is 133 Å². The van der Waals surface area contributed by atoms with Crippen molar-refractivity contribution in [3.05, 3.63) is 35.4 Å². The molecule has 1 heterocycles. The van der Waals surface area contributed by atoms with E-state index in [-0.39, 0.29) is 5.91 Å². The predicted octanol–water partition coefficient (Wildman–Crippen LogP) is 0.0252. The number of alkyl halides is 1. The largest absolute Gasteiger partial charge is 0.394 e. The highest BCUT2D eigenvalue weighted by Gasteiger charge is 2.42. The predicted molar refractivity (Wildman–Crippen MR) is 80.7 cm³/mol. The summed E-state index contributed by atoms with van der Waals surface area (Å²) in [4.78, 5) is 12.2. The molecule has 1 aromatic rings. The summed E-state index contributed by atoms with van der Waals surface area (Å²) in [6, 6.07) is 6.01. The van der Waals surface area contributed by atoms with Crippen molar-refractivity contribution >= 4 is 17.5 Å².